The second-order valence-electron chi connectivity index (χ2n) is 5.87. The summed E-state index contributed by atoms with van der Waals surface area (Å²) in [5.41, 5.74) is 1.09. The molecule has 0 N–H and O–H groups in total. The van der Waals surface area contributed by atoms with Gasteiger partial charge in [0.25, 0.3) is 0 Å². The summed E-state index contributed by atoms with van der Waals surface area (Å²) < 4.78 is 5.32. The molecule has 2 bridgehead atoms. The highest BCUT2D eigenvalue weighted by molar-refractivity contribution is 8.00. The number of carbonyl (C=O) groups excluding carboxylic acids is 1. The zero-order valence-corrected chi connectivity index (χ0v) is 13.0. The molecule has 110 valence electrons. The summed E-state index contributed by atoms with van der Waals surface area (Å²) in [6.45, 7) is 0. The molecule has 3 rings (SSSR count). The molecule has 0 aromatic heterocycles. The van der Waals surface area contributed by atoms with Gasteiger partial charge < -0.3 is 4.74 Å². The Kier molecular flexibility index (Phi) is 4.21. The third-order valence-electron chi connectivity index (χ3n) is 4.50. The van der Waals surface area contributed by atoms with Crippen LogP contribution in [0.3, 0.4) is 0 Å². The molecule has 2 unspecified atom stereocenters. The van der Waals surface area contributed by atoms with E-state index >= 15 is 0 Å². The van der Waals surface area contributed by atoms with E-state index in [1.165, 1.54) is 19.3 Å². The van der Waals surface area contributed by atoms with Crippen molar-refractivity contribution in [2.45, 2.75) is 42.6 Å². The van der Waals surface area contributed by atoms with Crippen molar-refractivity contribution in [3.05, 3.63) is 29.3 Å². The van der Waals surface area contributed by atoms with E-state index in [2.05, 4.69) is 17.8 Å². The monoisotopic (exact) mass is 301 g/mol. The lowest BCUT2D eigenvalue weighted by Crippen LogP contribution is -2.33. The van der Waals surface area contributed by atoms with Crippen LogP contribution in [0.4, 0.5) is 0 Å². The molecule has 2 heterocycles. The number of nitrogens with zero attached hydrogens (tertiary/aromatic N) is 1. The summed E-state index contributed by atoms with van der Waals surface area (Å²) in [4.78, 5) is 12.9. The van der Waals surface area contributed by atoms with Crippen molar-refractivity contribution >= 4 is 17.5 Å². The van der Waals surface area contributed by atoms with Gasteiger partial charge in [0.2, 0.25) is 0 Å². The largest absolute Gasteiger partial charge is 0.496 e. The van der Waals surface area contributed by atoms with E-state index in [1.54, 1.807) is 25.3 Å². The number of benzene rings is 1. The molecule has 1 aromatic rings. The number of ether oxygens (including phenoxy) is 1. The number of methoxy groups -OCH3 is 1. The number of nitriles is 1. The van der Waals surface area contributed by atoms with E-state index in [0.29, 0.717) is 27.4 Å². The molecule has 2 aliphatic rings. The van der Waals surface area contributed by atoms with E-state index in [1.807, 2.05) is 0 Å². The number of thioether (sulfide) groups is 1. The molecular weight excluding hydrogens is 282 g/mol. The SMILES string of the molecule is COc1ccc(C#N)cc1C(=O)C1CC2CCCC(C1)S2. The van der Waals surface area contributed by atoms with Crippen LogP contribution < -0.4 is 4.74 Å². The third-order valence-corrected chi connectivity index (χ3v) is 6.12. The highest BCUT2D eigenvalue weighted by Crippen LogP contribution is 2.45. The van der Waals surface area contributed by atoms with Gasteiger partial charge in [0.05, 0.1) is 24.3 Å². The van der Waals surface area contributed by atoms with Crippen LogP contribution in [0.5, 0.6) is 5.75 Å². The van der Waals surface area contributed by atoms with Crippen molar-refractivity contribution in [2.24, 2.45) is 5.92 Å². The number of hydrogen-bond donors (Lipinski definition) is 0. The van der Waals surface area contributed by atoms with Gasteiger partial charge in [-0.2, -0.15) is 17.0 Å². The molecule has 1 aromatic carbocycles. The standard InChI is InChI=1S/C17H19NO2S/c1-20-16-6-5-11(10-18)7-15(16)17(19)12-8-13-3-2-4-14(9-12)21-13/h5-7,12-14H,2-4,8-9H2,1H3. The Labute approximate surface area is 129 Å². The van der Waals surface area contributed by atoms with E-state index in [-0.39, 0.29) is 11.7 Å². The zero-order chi connectivity index (χ0) is 14.8. The summed E-state index contributed by atoms with van der Waals surface area (Å²) in [5, 5.41) is 10.3. The lowest BCUT2D eigenvalue weighted by Gasteiger charge is -2.38. The van der Waals surface area contributed by atoms with Crippen molar-refractivity contribution in [3.8, 4) is 11.8 Å². The maximum atomic E-state index is 12.9. The number of rotatable bonds is 3. The molecule has 0 spiro atoms. The van der Waals surface area contributed by atoms with E-state index in [9.17, 15) is 4.79 Å². The maximum Gasteiger partial charge on any atom is 0.169 e. The molecule has 0 aliphatic carbocycles. The van der Waals surface area contributed by atoms with Gasteiger partial charge in [0.1, 0.15) is 5.75 Å². The average Bonchev–Trinajstić information content (AvgIpc) is 2.53. The van der Waals surface area contributed by atoms with E-state index in [0.717, 1.165) is 12.8 Å². The van der Waals surface area contributed by atoms with Crippen LogP contribution in [0.2, 0.25) is 0 Å². The minimum atomic E-state index is 0.0874. The lowest BCUT2D eigenvalue weighted by atomic mass is 9.84. The quantitative estimate of drug-likeness (QED) is 0.797. The Bertz CT molecular complexity index is 581. The minimum absolute atomic E-state index is 0.0874. The molecule has 0 amide bonds. The van der Waals surface area contributed by atoms with Gasteiger partial charge in [-0.25, -0.2) is 0 Å². The number of ketones is 1. The van der Waals surface area contributed by atoms with Crippen molar-refractivity contribution in [2.75, 3.05) is 7.11 Å². The molecule has 2 saturated heterocycles. The van der Waals surface area contributed by atoms with Crippen molar-refractivity contribution in [1.82, 2.24) is 0 Å². The molecule has 2 aliphatic heterocycles. The van der Waals surface area contributed by atoms with E-state index < -0.39 is 0 Å². The average molecular weight is 301 g/mol. The first-order chi connectivity index (χ1) is 10.2. The Morgan fingerprint density at radius 2 is 2.05 bits per heavy atom. The van der Waals surface area contributed by atoms with Crippen LogP contribution >= 0.6 is 11.8 Å². The fraction of sp³-hybridized carbons (Fsp3) is 0.529. The summed E-state index contributed by atoms with van der Waals surface area (Å²) in [6, 6.07) is 7.21. The van der Waals surface area contributed by atoms with Crippen LogP contribution in [-0.2, 0) is 0 Å². The van der Waals surface area contributed by atoms with Gasteiger partial charge in [-0.1, -0.05) is 6.42 Å². The summed E-state index contributed by atoms with van der Waals surface area (Å²) in [7, 11) is 1.57. The summed E-state index contributed by atoms with van der Waals surface area (Å²) >= 11 is 2.07. The van der Waals surface area contributed by atoms with Gasteiger partial charge >= 0.3 is 0 Å². The smallest absolute Gasteiger partial charge is 0.169 e. The van der Waals surface area contributed by atoms with Crippen LogP contribution in [0.1, 0.15) is 48.0 Å². The normalized spacial score (nSPS) is 27.7. The first-order valence-corrected chi connectivity index (χ1v) is 8.43. The topological polar surface area (TPSA) is 50.1 Å². The Morgan fingerprint density at radius 3 is 2.67 bits per heavy atom. The van der Waals surface area contributed by atoms with Gasteiger partial charge in [0, 0.05) is 16.4 Å². The Morgan fingerprint density at radius 1 is 1.33 bits per heavy atom. The van der Waals surface area contributed by atoms with Gasteiger partial charge in [-0.15, -0.1) is 0 Å². The maximum absolute atomic E-state index is 12.9. The molecule has 2 atom stereocenters. The van der Waals surface area contributed by atoms with Crippen molar-refractivity contribution in [3.63, 3.8) is 0 Å². The van der Waals surface area contributed by atoms with Crippen molar-refractivity contribution < 1.29 is 9.53 Å². The number of hydrogen-bond acceptors (Lipinski definition) is 4. The first-order valence-electron chi connectivity index (χ1n) is 7.49. The highest BCUT2D eigenvalue weighted by Gasteiger charge is 2.36. The fourth-order valence-electron chi connectivity index (χ4n) is 3.46. The molecule has 21 heavy (non-hydrogen) atoms. The number of fused-ring (bicyclic) bond motifs is 2. The van der Waals surface area contributed by atoms with Crippen LogP contribution in [0, 0.1) is 17.2 Å². The van der Waals surface area contributed by atoms with Crippen LogP contribution in [0.25, 0.3) is 0 Å². The highest BCUT2D eigenvalue weighted by atomic mass is 32.2. The minimum Gasteiger partial charge on any atom is -0.496 e. The molecule has 0 radical (unpaired) electrons. The lowest BCUT2D eigenvalue weighted by molar-refractivity contribution is 0.0893. The Balaban J connectivity index is 1.86. The number of carbonyl (C=O) groups is 1. The molecule has 4 heteroatoms. The predicted octanol–water partition coefficient (Wildman–Crippen LogP) is 3.81. The van der Waals surface area contributed by atoms with Crippen LogP contribution in [0.15, 0.2) is 18.2 Å². The fourth-order valence-corrected chi connectivity index (χ4v) is 5.30. The molecule has 2 fully saturated rings. The first kappa shape index (κ1) is 14.5. The number of Topliss-reactive ketones (excluding diaryl/α,β-unsaturated/α-hetero) is 1. The van der Waals surface area contributed by atoms with Crippen molar-refractivity contribution in [1.29, 1.82) is 5.26 Å². The Hall–Kier alpha value is -1.47. The summed E-state index contributed by atoms with van der Waals surface area (Å²) in [5.74, 6) is 0.827. The second-order valence-corrected chi connectivity index (χ2v) is 7.48. The zero-order valence-electron chi connectivity index (χ0n) is 12.2. The third kappa shape index (κ3) is 2.94. The summed E-state index contributed by atoms with van der Waals surface area (Å²) in [6.07, 6.45) is 5.72. The van der Waals surface area contributed by atoms with Gasteiger partial charge in [-0.05, 0) is 43.9 Å². The molecule has 0 saturated carbocycles. The van der Waals surface area contributed by atoms with Gasteiger partial charge in [-0.3, -0.25) is 4.79 Å². The molecular formula is C17H19NO2S. The molecule has 3 nitrogen and oxygen atoms in total. The van der Waals surface area contributed by atoms with Crippen LogP contribution in [-0.4, -0.2) is 23.4 Å². The van der Waals surface area contributed by atoms with E-state index in [4.69, 9.17) is 10.00 Å². The predicted molar refractivity (Wildman–Crippen MR) is 83.8 cm³/mol. The second kappa shape index (κ2) is 6.11. The van der Waals surface area contributed by atoms with Gasteiger partial charge in [0.15, 0.2) is 5.78 Å².